The fourth-order valence-corrected chi connectivity index (χ4v) is 3.51. The van der Waals surface area contributed by atoms with Gasteiger partial charge in [0, 0.05) is 32.7 Å². The third kappa shape index (κ3) is 12.4. The highest BCUT2D eigenvalue weighted by atomic mass is 35.5. The number of hydrogen-bond donors (Lipinski definition) is 7. The normalized spacial score (nSPS) is 11.2. The summed E-state index contributed by atoms with van der Waals surface area (Å²) >= 11 is 5.78. The van der Waals surface area contributed by atoms with Crippen LogP contribution in [0.4, 0.5) is 11.6 Å². The molecule has 0 aliphatic rings. The standard InChI is InChI=1S/C24H36ClN9O5.CH4/c25-20-22(27)32-21(26)19(31-20)23(38)33-24(28)30-8-2-1-3-16-4-6-17(7-5-16)39-15-18(37)29-9-10-34(11-13-35)12-14-36;/h4-7,35-36H,1-3,8-15H2,(H,29,37)(H4,26,27,32)(H3,28,30,33,38);1H4. The summed E-state index contributed by atoms with van der Waals surface area (Å²) in [5, 5.41) is 23.0. The Labute approximate surface area is 239 Å². The molecule has 222 valence electrons. The number of carbonyl (C=O) groups is 2. The van der Waals surface area contributed by atoms with Crippen LogP contribution >= 0.6 is 11.6 Å². The minimum absolute atomic E-state index is 0. The number of carbonyl (C=O) groups excluding carboxylic acids is 2. The second-order valence-corrected chi connectivity index (χ2v) is 8.74. The summed E-state index contributed by atoms with van der Waals surface area (Å²) in [6.45, 7) is 2.07. The van der Waals surface area contributed by atoms with Gasteiger partial charge in [-0.25, -0.2) is 9.97 Å². The number of nitrogens with two attached hydrogens (primary N) is 3. The number of amides is 2. The van der Waals surface area contributed by atoms with Gasteiger partial charge in [0.15, 0.2) is 35.0 Å². The number of aromatic nitrogens is 2. The van der Waals surface area contributed by atoms with Gasteiger partial charge in [-0.05, 0) is 37.0 Å². The number of aliphatic hydroxyl groups excluding tert-OH is 2. The van der Waals surface area contributed by atoms with E-state index < -0.39 is 5.91 Å². The largest absolute Gasteiger partial charge is 0.484 e. The van der Waals surface area contributed by atoms with Crippen molar-refractivity contribution in [3.8, 4) is 5.75 Å². The van der Waals surface area contributed by atoms with Gasteiger partial charge in [-0.2, -0.15) is 0 Å². The Morgan fingerprint density at radius 2 is 1.70 bits per heavy atom. The van der Waals surface area contributed by atoms with Crippen molar-refractivity contribution in [2.45, 2.75) is 26.7 Å². The Hall–Kier alpha value is -3.72. The molecule has 1 aromatic heterocycles. The summed E-state index contributed by atoms with van der Waals surface area (Å²) in [6, 6.07) is 7.46. The van der Waals surface area contributed by atoms with Crippen molar-refractivity contribution >= 4 is 41.0 Å². The zero-order chi connectivity index (χ0) is 28.6. The number of hydrogen-bond acceptors (Lipinski definition) is 11. The van der Waals surface area contributed by atoms with Crippen molar-refractivity contribution < 1.29 is 24.5 Å². The molecule has 15 heteroatoms. The van der Waals surface area contributed by atoms with E-state index in [9.17, 15) is 9.59 Å². The number of unbranched alkanes of at least 4 members (excludes halogenated alkanes) is 1. The predicted octanol–water partition coefficient (Wildman–Crippen LogP) is -0.220. The van der Waals surface area contributed by atoms with Crippen molar-refractivity contribution in [3.05, 3.63) is 40.7 Å². The van der Waals surface area contributed by atoms with Crippen LogP contribution in [0, 0.1) is 0 Å². The van der Waals surface area contributed by atoms with Gasteiger partial charge in [0.25, 0.3) is 11.8 Å². The second-order valence-electron chi connectivity index (χ2n) is 8.38. The van der Waals surface area contributed by atoms with E-state index in [1.165, 1.54) is 0 Å². The number of aliphatic imine (C=N–C) groups is 1. The number of ether oxygens (including phenoxy) is 1. The first-order valence-corrected chi connectivity index (χ1v) is 12.7. The monoisotopic (exact) mass is 581 g/mol. The zero-order valence-electron chi connectivity index (χ0n) is 21.6. The molecule has 40 heavy (non-hydrogen) atoms. The highest BCUT2D eigenvalue weighted by molar-refractivity contribution is 6.31. The number of guanidine groups is 1. The van der Waals surface area contributed by atoms with Gasteiger partial charge in [-0.15, -0.1) is 0 Å². The van der Waals surface area contributed by atoms with Crippen LogP contribution in [-0.4, -0.2) is 95.4 Å². The van der Waals surface area contributed by atoms with E-state index in [0.29, 0.717) is 38.5 Å². The van der Waals surface area contributed by atoms with E-state index in [0.717, 1.165) is 24.8 Å². The summed E-state index contributed by atoms with van der Waals surface area (Å²) in [4.78, 5) is 37.8. The van der Waals surface area contributed by atoms with Crippen molar-refractivity contribution in [2.24, 2.45) is 10.7 Å². The Balaban J connectivity index is 0.00000800. The smallest absolute Gasteiger partial charge is 0.280 e. The minimum atomic E-state index is -0.689. The highest BCUT2D eigenvalue weighted by Crippen LogP contribution is 2.17. The van der Waals surface area contributed by atoms with Gasteiger partial charge >= 0.3 is 0 Å². The third-order valence-electron chi connectivity index (χ3n) is 5.39. The lowest BCUT2D eigenvalue weighted by atomic mass is 10.1. The molecule has 14 nitrogen and oxygen atoms in total. The van der Waals surface area contributed by atoms with Crippen LogP contribution in [0.1, 0.15) is 36.3 Å². The van der Waals surface area contributed by atoms with E-state index in [1.54, 1.807) is 12.1 Å². The molecule has 1 heterocycles. The van der Waals surface area contributed by atoms with Gasteiger partial charge in [0.1, 0.15) is 5.75 Å². The van der Waals surface area contributed by atoms with Gasteiger partial charge in [0.05, 0.1) is 13.2 Å². The summed E-state index contributed by atoms with van der Waals surface area (Å²) in [5.41, 5.74) is 17.8. The van der Waals surface area contributed by atoms with E-state index in [1.807, 2.05) is 17.0 Å². The number of aryl methyl sites for hydroxylation is 1. The molecule has 0 atom stereocenters. The molecule has 0 fully saturated rings. The maximum Gasteiger partial charge on any atom is 0.280 e. The van der Waals surface area contributed by atoms with Gasteiger partial charge in [0.2, 0.25) is 0 Å². The number of nitrogens with zero attached hydrogens (tertiary/aromatic N) is 4. The van der Waals surface area contributed by atoms with Crippen molar-refractivity contribution in [1.82, 2.24) is 25.5 Å². The summed E-state index contributed by atoms with van der Waals surface area (Å²) in [7, 11) is 0. The Morgan fingerprint density at radius 3 is 2.35 bits per heavy atom. The Kier molecular flexibility index (Phi) is 15.9. The van der Waals surface area contributed by atoms with Crippen molar-refractivity contribution in [3.63, 3.8) is 0 Å². The van der Waals surface area contributed by atoms with Gasteiger partial charge in [-0.1, -0.05) is 31.2 Å². The number of anilines is 2. The van der Waals surface area contributed by atoms with E-state index in [4.69, 9.17) is 43.8 Å². The van der Waals surface area contributed by atoms with Crippen LogP contribution < -0.4 is 32.6 Å². The second kappa shape index (κ2) is 18.5. The lowest BCUT2D eigenvalue weighted by molar-refractivity contribution is -0.123. The van der Waals surface area contributed by atoms with E-state index in [-0.39, 0.29) is 61.6 Å². The number of nitrogens with one attached hydrogen (secondary N) is 2. The summed E-state index contributed by atoms with van der Waals surface area (Å²) < 4.78 is 5.53. The molecule has 0 spiro atoms. The molecule has 10 N–H and O–H groups in total. The lowest BCUT2D eigenvalue weighted by Gasteiger charge is -2.20. The molecule has 0 aliphatic heterocycles. The van der Waals surface area contributed by atoms with Crippen LogP contribution in [-0.2, 0) is 11.2 Å². The van der Waals surface area contributed by atoms with Crippen LogP contribution in [0.5, 0.6) is 5.75 Å². The van der Waals surface area contributed by atoms with Crippen LogP contribution in [0.25, 0.3) is 0 Å². The first-order chi connectivity index (χ1) is 18.7. The van der Waals surface area contributed by atoms with Crippen LogP contribution in [0.3, 0.4) is 0 Å². The van der Waals surface area contributed by atoms with Crippen LogP contribution in [0.2, 0.25) is 5.15 Å². The van der Waals surface area contributed by atoms with E-state index >= 15 is 0 Å². The molecule has 2 rings (SSSR count). The van der Waals surface area contributed by atoms with E-state index in [2.05, 4.69) is 25.6 Å². The Morgan fingerprint density at radius 1 is 1.02 bits per heavy atom. The maximum atomic E-state index is 12.2. The maximum absolute atomic E-state index is 12.2. The number of benzene rings is 1. The number of nitrogen functional groups attached to an aromatic ring is 2. The number of rotatable bonds is 16. The minimum Gasteiger partial charge on any atom is -0.484 e. The molecule has 1 aromatic carbocycles. The quantitative estimate of drug-likeness (QED) is 0.0778. The average Bonchev–Trinajstić information content (AvgIpc) is 2.90. The number of halogens is 1. The predicted molar refractivity (Wildman–Crippen MR) is 155 cm³/mol. The van der Waals surface area contributed by atoms with Crippen molar-refractivity contribution in [1.29, 1.82) is 0 Å². The average molecular weight is 582 g/mol. The van der Waals surface area contributed by atoms with Gasteiger partial charge in [-0.3, -0.25) is 24.8 Å². The first-order valence-electron chi connectivity index (χ1n) is 12.4. The van der Waals surface area contributed by atoms with Crippen LogP contribution in [0.15, 0.2) is 29.3 Å². The molecule has 0 aliphatic carbocycles. The molecule has 0 saturated heterocycles. The molecule has 0 radical (unpaired) electrons. The number of aliphatic hydroxyl groups is 2. The third-order valence-corrected chi connectivity index (χ3v) is 5.67. The summed E-state index contributed by atoms with van der Waals surface area (Å²) in [6.07, 6.45) is 2.37. The topological polar surface area (TPSA) is 227 Å². The molecule has 2 aromatic rings. The SMILES string of the molecule is C.NC(=NCCCCc1ccc(OCC(=O)NCCN(CCO)CCO)cc1)NC(=O)c1nc(Cl)c(N)nc1N. The molecular weight excluding hydrogens is 542 g/mol. The molecular formula is C25H40ClN9O5. The molecule has 0 unspecified atom stereocenters. The van der Waals surface area contributed by atoms with Gasteiger partial charge < -0.3 is 37.5 Å². The zero-order valence-corrected chi connectivity index (χ0v) is 22.4. The lowest BCUT2D eigenvalue weighted by Crippen LogP contribution is -2.39. The summed E-state index contributed by atoms with van der Waals surface area (Å²) in [5.74, 6) is -0.683. The molecule has 0 saturated carbocycles. The van der Waals surface area contributed by atoms with Crippen molar-refractivity contribution in [2.75, 3.05) is 64.0 Å². The molecule has 0 bridgehead atoms. The molecule has 2 amide bonds. The highest BCUT2D eigenvalue weighted by Gasteiger charge is 2.16. The first kappa shape index (κ1) is 34.3. The fourth-order valence-electron chi connectivity index (χ4n) is 3.39. The fraction of sp³-hybridized carbons (Fsp3) is 0.480. The Bertz CT molecular complexity index is 1100.